The molecule has 1 aliphatic carbocycles. The van der Waals surface area contributed by atoms with Crippen LogP contribution in [0.25, 0.3) is 0 Å². The monoisotopic (exact) mass is 265 g/mol. The molecule has 0 spiro atoms. The summed E-state index contributed by atoms with van der Waals surface area (Å²) in [5, 5.41) is 11.8. The number of hydrogen-bond donors (Lipinski definition) is 2. The number of carbonyl (C=O) groups is 2. The van der Waals surface area contributed by atoms with Crippen LogP contribution in [-0.4, -0.2) is 23.5 Å². The molecule has 1 aromatic carbocycles. The van der Waals surface area contributed by atoms with Crippen molar-refractivity contribution >= 4 is 11.9 Å². The van der Waals surface area contributed by atoms with Gasteiger partial charge in [0.2, 0.25) is 5.91 Å². The Morgan fingerprint density at radius 1 is 1.26 bits per heavy atom. The van der Waals surface area contributed by atoms with Gasteiger partial charge in [0.25, 0.3) is 0 Å². The summed E-state index contributed by atoms with van der Waals surface area (Å²) in [7, 11) is 0. The van der Waals surface area contributed by atoms with E-state index in [0.29, 0.717) is 25.8 Å². The Bertz CT molecular complexity index is 480. The molecule has 1 amide bonds. The summed E-state index contributed by atoms with van der Waals surface area (Å²) in [4.78, 5) is 23.0. The molecule has 1 aromatic rings. The fraction of sp³-hybridized carbons (Fsp3) is 0.429. The number of aliphatic carboxylic acids is 1. The van der Waals surface area contributed by atoms with Gasteiger partial charge in [0, 0.05) is 6.54 Å². The molecule has 102 valence electrons. The zero-order valence-electron chi connectivity index (χ0n) is 10.5. The van der Waals surface area contributed by atoms with E-state index in [-0.39, 0.29) is 5.82 Å². The first-order valence-corrected chi connectivity index (χ1v) is 6.31. The van der Waals surface area contributed by atoms with Crippen LogP contribution in [0.4, 0.5) is 4.39 Å². The van der Waals surface area contributed by atoms with E-state index in [1.807, 2.05) is 0 Å². The molecule has 2 N–H and O–H groups in total. The number of hydrogen-bond acceptors (Lipinski definition) is 2. The Labute approximate surface area is 110 Å². The largest absolute Gasteiger partial charge is 0.480 e. The molecular formula is C14H16FNO3. The van der Waals surface area contributed by atoms with Crippen molar-refractivity contribution in [2.24, 2.45) is 5.41 Å². The van der Waals surface area contributed by atoms with E-state index < -0.39 is 17.3 Å². The van der Waals surface area contributed by atoms with Crippen LogP contribution in [0, 0.1) is 11.2 Å². The topological polar surface area (TPSA) is 66.4 Å². The minimum atomic E-state index is -1.22. The summed E-state index contributed by atoms with van der Waals surface area (Å²) in [5.41, 5.74) is -0.317. The van der Waals surface area contributed by atoms with Crippen LogP contribution in [0.3, 0.4) is 0 Å². The summed E-state index contributed by atoms with van der Waals surface area (Å²) in [6.45, 7) is 0.361. The molecule has 0 unspecified atom stereocenters. The van der Waals surface area contributed by atoms with E-state index in [4.69, 9.17) is 5.11 Å². The van der Waals surface area contributed by atoms with Crippen molar-refractivity contribution in [2.45, 2.75) is 25.7 Å². The molecule has 5 heteroatoms. The average molecular weight is 265 g/mol. The van der Waals surface area contributed by atoms with Crippen molar-refractivity contribution in [1.29, 1.82) is 0 Å². The second-order valence-corrected chi connectivity index (χ2v) is 4.87. The zero-order valence-corrected chi connectivity index (χ0v) is 10.5. The molecule has 2 rings (SSSR count). The van der Waals surface area contributed by atoms with Gasteiger partial charge in [0.05, 0.1) is 0 Å². The molecular weight excluding hydrogens is 249 g/mol. The standard InChI is InChI=1S/C14H16FNO3/c15-11-4-2-10(3-5-11)6-9-16-12(17)14(13(18)19)7-1-8-14/h2-5H,1,6-9H2,(H,16,17)(H,18,19). The summed E-state index contributed by atoms with van der Waals surface area (Å²) >= 11 is 0. The van der Waals surface area contributed by atoms with Gasteiger partial charge in [-0.2, -0.15) is 0 Å². The van der Waals surface area contributed by atoms with Crippen molar-refractivity contribution < 1.29 is 19.1 Å². The van der Waals surface area contributed by atoms with Gasteiger partial charge >= 0.3 is 5.97 Å². The third-order valence-corrected chi connectivity index (χ3v) is 3.66. The number of halogens is 1. The van der Waals surface area contributed by atoms with Gasteiger partial charge in [-0.25, -0.2) is 4.39 Å². The lowest BCUT2D eigenvalue weighted by Crippen LogP contribution is -2.51. The molecule has 4 nitrogen and oxygen atoms in total. The molecule has 0 aliphatic heterocycles. The summed E-state index contributed by atoms with van der Waals surface area (Å²) in [6.07, 6.45) is 2.15. The predicted molar refractivity (Wildman–Crippen MR) is 67.0 cm³/mol. The van der Waals surface area contributed by atoms with E-state index in [0.717, 1.165) is 12.0 Å². The van der Waals surface area contributed by atoms with Crippen LogP contribution in [0.5, 0.6) is 0 Å². The van der Waals surface area contributed by atoms with E-state index in [1.54, 1.807) is 12.1 Å². The number of amides is 1. The fourth-order valence-electron chi connectivity index (χ4n) is 2.21. The van der Waals surface area contributed by atoms with E-state index in [2.05, 4.69) is 5.32 Å². The molecule has 0 heterocycles. The quantitative estimate of drug-likeness (QED) is 0.797. The third kappa shape index (κ3) is 2.75. The van der Waals surface area contributed by atoms with Gasteiger partial charge in [0.1, 0.15) is 11.2 Å². The molecule has 19 heavy (non-hydrogen) atoms. The predicted octanol–water partition coefficient (Wildman–Crippen LogP) is 1.74. The number of nitrogens with one attached hydrogen (secondary N) is 1. The van der Waals surface area contributed by atoms with Crippen LogP contribution < -0.4 is 5.32 Å². The van der Waals surface area contributed by atoms with E-state index >= 15 is 0 Å². The van der Waals surface area contributed by atoms with Crippen molar-refractivity contribution in [2.75, 3.05) is 6.54 Å². The summed E-state index contributed by atoms with van der Waals surface area (Å²) in [5.74, 6) is -1.75. The van der Waals surface area contributed by atoms with Gasteiger partial charge < -0.3 is 10.4 Å². The first-order chi connectivity index (χ1) is 9.04. The van der Waals surface area contributed by atoms with E-state index in [1.165, 1.54) is 12.1 Å². The maximum Gasteiger partial charge on any atom is 0.319 e. The van der Waals surface area contributed by atoms with Gasteiger partial charge in [0.15, 0.2) is 0 Å². The highest BCUT2D eigenvalue weighted by Gasteiger charge is 2.50. The number of carboxylic acid groups (broad SMARTS) is 1. The highest BCUT2D eigenvalue weighted by atomic mass is 19.1. The van der Waals surface area contributed by atoms with Crippen LogP contribution in [0.2, 0.25) is 0 Å². The lowest BCUT2D eigenvalue weighted by molar-refractivity contribution is -0.162. The Morgan fingerprint density at radius 2 is 1.89 bits per heavy atom. The van der Waals surface area contributed by atoms with E-state index in [9.17, 15) is 14.0 Å². The Hall–Kier alpha value is -1.91. The molecule has 1 aliphatic rings. The van der Waals surface area contributed by atoms with Crippen molar-refractivity contribution in [1.82, 2.24) is 5.32 Å². The highest BCUT2D eigenvalue weighted by Crippen LogP contribution is 2.41. The third-order valence-electron chi connectivity index (χ3n) is 3.66. The zero-order chi connectivity index (χ0) is 13.9. The van der Waals surface area contributed by atoms with Gasteiger partial charge in [-0.1, -0.05) is 18.6 Å². The van der Waals surface area contributed by atoms with Crippen LogP contribution >= 0.6 is 0 Å². The SMILES string of the molecule is O=C(O)C1(C(=O)NCCc2ccc(F)cc2)CCC1. The Balaban J connectivity index is 1.84. The highest BCUT2D eigenvalue weighted by molar-refractivity contribution is 6.02. The first kappa shape index (κ1) is 13.5. The average Bonchev–Trinajstić information content (AvgIpc) is 2.29. The Kier molecular flexibility index (Phi) is 3.83. The minimum Gasteiger partial charge on any atom is -0.480 e. The van der Waals surface area contributed by atoms with Crippen molar-refractivity contribution in [3.8, 4) is 0 Å². The second kappa shape index (κ2) is 5.38. The number of benzene rings is 1. The van der Waals surface area contributed by atoms with Gasteiger partial charge in [-0.15, -0.1) is 0 Å². The summed E-state index contributed by atoms with van der Waals surface area (Å²) in [6, 6.07) is 6.03. The molecule has 0 saturated heterocycles. The van der Waals surface area contributed by atoms with Crippen molar-refractivity contribution in [3.63, 3.8) is 0 Å². The number of carboxylic acids is 1. The lowest BCUT2D eigenvalue weighted by Gasteiger charge is -2.35. The lowest BCUT2D eigenvalue weighted by atomic mass is 9.68. The maximum atomic E-state index is 12.7. The molecule has 0 aromatic heterocycles. The maximum absolute atomic E-state index is 12.7. The van der Waals surface area contributed by atoms with Crippen LogP contribution in [-0.2, 0) is 16.0 Å². The summed E-state index contributed by atoms with van der Waals surface area (Å²) < 4.78 is 12.7. The molecule has 0 radical (unpaired) electrons. The smallest absolute Gasteiger partial charge is 0.319 e. The van der Waals surface area contributed by atoms with Gasteiger partial charge in [-0.3, -0.25) is 9.59 Å². The molecule has 1 fully saturated rings. The second-order valence-electron chi connectivity index (χ2n) is 4.87. The Morgan fingerprint density at radius 3 is 2.37 bits per heavy atom. The van der Waals surface area contributed by atoms with Gasteiger partial charge in [-0.05, 0) is 37.0 Å². The fourth-order valence-corrected chi connectivity index (χ4v) is 2.21. The van der Waals surface area contributed by atoms with Crippen LogP contribution in [0.1, 0.15) is 24.8 Å². The van der Waals surface area contributed by atoms with Crippen molar-refractivity contribution in [3.05, 3.63) is 35.6 Å². The minimum absolute atomic E-state index is 0.299. The first-order valence-electron chi connectivity index (χ1n) is 6.31. The molecule has 0 bridgehead atoms. The van der Waals surface area contributed by atoms with Crippen LogP contribution in [0.15, 0.2) is 24.3 Å². The molecule has 1 saturated carbocycles. The number of carbonyl (C=O) groups excluding carboxylic acids is 1. The molecule has 0 atom stereocenters. The number of rotatable bonds is 5. The normalized spacial score (nSPS) is 16.5.